The van der Waals surface area contributed by atoms with Gasteiger partial charge in [0.1, 0.15) is 17.2 Å². The molecule has 0 saturated carbocycles. The Hall–Kier alpha value is -3.72. The van der Waals surface area contributed by atoms with E-state index >= 15 is 0 Å². The van der Waals surface area contributed by atoms with Crippen molar-refractivity contribution < 1.29 is 14.2 Å². The Labute approximate surface area is 196 Å². The molecule has 0 aliphatic heterocycles. The lowest BCUT2D eigenvalue weighted by Gasteiger charge is -2.26. The van der Waals surface area contributed by atoms with Gasteiger partial charge in [0.2, 0.25) is 6.79 Å². The van der Waals surface area contributed by atoms with Crippen LogP contribution in [-0.2, 0) is 11.8 Å². The van der Waals surface area contributed by atoms with Crippen LogP contribution < -0.4 is 14.2 Å². The van der Waals surface area contributed by atoms with E-state index in [1.165, 1.54) is 22.3 Å². The molecule has 0 aromatic heterocycles. The molecule has 0 fully saturated rings. The second kappa shape index (κ2) is 10.3. The van der Waals surface area contributed by atoms with Crippen LogP contribution in [0.15, 0.2) is 103 Å². The fourth-order valence-electron chi connectivity index (χ4n) is 3.84. The molecule has 4 rings (SSSR count). The molecule has 168 valence electrons. The molecule has 33 heavy (non-hydrogen) atoms. The average molecular weight is 439 g/mol. The van der Waals surface area contributed by atoms with Crippen molar-refractivity contribution in [1.29, 1.82) is 0 Å². The summed E-state index contributed by atoms with van der Waals surface area (Å²) in [6, 6.07) is 35.0. The zero-order chi connectivity index (χ0) is 23.1. The molecule has 0 N–H and O–H groups in total. The standard InChI is InChI=1S/C30H30O3/c1-30(2,25-11-17-27(31-3)18-12-25)26-13-19-29(20-14-26)33-22-32-28-15-9-24(10-16-28)21-23-7-5-4-6-8-23/h4-20H,21-22H2,1-3H3. The molecule has 0 aliphatic rings. The summed E-state index contributed by atoms with van der Waals surface area (Å²) >= 11 is 0. The number of rotatable bonds is 9. The number of methoxy groups -OCH3 is 1. The molecule has 0 spiro atoms. The van der Waals surface area contributed by atoms with Crippen LogP contribution in [0.5, 0.6) is 17.2 Å². The summed E-state index contributed by atoms with van der Waals surface area (Å²) < 4.78 is 16.8. The highest BCUT2D eigenvalue weighted by Gasteiger charge is 2.23. The van der Waals surface area contributed by atoms with E-state index in [9.17, 15) is 0 Å². The first-order valence-electron chi connectivity index (χ1n) is 11.2. The van der Waals surface area contributed by atoms with Gasteiger partial charge in [-0.15, -0.1) is 0 Å². The lowest BCUT2D eigenvalue weighted by atomic mass is 9.78. The molecule has 0 unspecified atom stereocenters. The maximum absolute atomic E-state index is 5.80. The highest BCUT2D eigenvalue weighted by Crippen LogP contribution is 2.33. The Balaban J connectivity index is 1.30. The molecule has 0 heterocycles. The van der Waals surface area contributed by atoms with E-state index < -0.39 is 0 Å². The molecule has 3 nitrogen and oxygen atoms in total. The predicted molar refractivity (Wildman–Crippen MR) is 133 cm³/mol. The van der Waals surface area contributed by atoms with Crippen molar-refractivity contribution in [2.24, 2.45) is 0 Å². The summed E-state index contributed by atoms with van der Waals surface area (Å²) in [7, 11) is 1.68. The van der Waals surface area contributed by atoms with Crippen molar-refractivity contribution >= 4 is 0 Å². The zero-order valence-corrected chi connectivity index (χ0v) is 19.5. The van der Waals surface area contributed by atoms with Gasteiger partial charge in [0, 0.05) is 5.41 Å². The smallest absolute Gasteiger partial charge is 0.230 e. The minimum atomic E-state index is -0.122. The van der Waals surface area contributed by atoms with Gasteiger partial charge in [-0.3, -0.25) is 0 Å². The van der Waals surface area contributed by atoms with Crippen molar-refractivity contribution in [1.82, 2.24) is 0 Å². The molecule has 0 aliphatic carbocycles. The Morgan fingerprint density at radius 2 is 1.00 bits per heavy atom. The number of benzene rings is 4. The Bertz CT molecular complexity index is 1130. The van der Waals surface area contributed by atoms with Gasteiger partial charge in [0.05, 0.1) is 7.11 Å². The first kappa shape index (κ1) is 22.5. The van der Waals surface area contributed by atoms with Gasteiger partial charge in [-0.05, 0) is 65.1 Å². The van der Waals surface area contributed by atoms with E-state index in [1.54, 1.807) is 7.11 Å². The molecule has 3 heteroatoms. The largest absolute Gasteiger partial charge is 0.497 e. The average Bonchev–Trinajstić information content (AvgIpc) is 2.86. The van der Waals surface area contributed by atoms with E-state index in [4.69, 9.17) is 14.2 Å². The Kier molecular flexibility index (Phi) is 6.99. The lowest BCUT2D eigenvalue weighted by molar-refractivity contribution is 0.120. The third-order valence-corrected chi connectivity index (χ3v) is 6.01. The van der Waals surface area contributed by atoms with Crippen LogP contribution in [0.1, 0.15) is 36.1 Å². The number of ether oxygens (including phenoxy) is 3. The second-order valence-corrected chi connectivity index (χ2v) is 8.59. The van der Waals surface area contributed by atoms with Gasteiger partial charge >= 0.3 is 0 Å². The molecule has 0 radical (unpaired) electrons. The molecule has 4 aromatic carbocycles. The van der Waals surface area contributed by atoms with Crippen molar-refractivity contribution in [3.8, 4) is 17.2 Å². The fourth-order valence-corrected chi connectivity index (χ4v) is 3.84. The summed E-state index contributed by atoms with van der Waals surface area (Å²) in [5, 5.41) is 0. The van der Waals surface area contributed by atoms with Gasteiger partial charge in [-0.25, -0.2) is 0 Å². The first-order chi connectivity index (χ1) is 16.0. The van der Waals surface area contributed by atoms with Crippen molar-refractivity contribution in [3.63, 3.8) is 0 Å². The van der Waals surface area contributed by atoms with Crippen LogP contribution in [-0.4, -0.2) is 13.9 Å². The van der Waals surface area contributed by atoms with Crippen LogP contribution in [0.3, 0.4) is 0 Å². The lowest BCUT2D eigenvalue weighted by Crippen LogP contribution is -2.18. The van der Waals surface area contributed by atoms with Crippen LogP contribution in [0.4, 0.5) is 0 Å². The maximum Gasteiger partial charge on any atom is 0.230 e. The van der Waals surface area contributed by atoms with Gasteiger partial charge in [-0.2, -0.15) is 0 Å². The number of hydrogen-bond donors (Lipinski definition) is 0. The third-order valence-electron chi connectivity index (χ3n) is 6.01. The number of hydrogen-bond acceptors (Lipinski definition) is 3. The summed E-state index contributed by atoms with van der Waals surface area (Å²) in [5.74, 6) is 2.44. The van der Waals surface area contributed by atoms with Crippen molar-refractivity contribution in [2.75, 3.05) is 13.9 Å². The van der Waals surface area contributed by atoms with E-state index in [0.717, 1.165) is 23.7 Å². The zero-order valence-electron chi connectivity index (χ0n) is 19.5. The third kappa shape index (κ3) is 5.75. The molecular weight excluding hydrogens is 408 g/mol. The summed E-state index contributed by atoms with van der Waals surface area (Å²) in [6.07, 6.45) is 0.914. The van der Waals surface area contributed by atoms with Crippen LogP contribution >= 0.6 is 0 Å². The molecule has 0 saturated heterocycles. The fraction of sp³-hybridized carbons (Fsp3) is 0.200. The highest BCUT2D eigenvalue weighted by atomic mass is 16.7. The maximum atomic E-state index is 5.80. The van der Waals surface area contributed by atoms with Crippen LogP contribution in [0.2, 0.25) is 0 Å². The molecule has 0 amide bonds. The summed E-state index contributed by atoms with van der Waals surface area (Å²) in [5.41, 5.74) is 4.88. The molecule has 0 atom stereocenters. The Morgan fingerprint density at radius 1 is 0.545 bits per heavy atom. The molecular formula is C30H30O3. The quantitative estimate of drug-likeness (QED) is 0.263. The minimum absolute atomic E-state index is 0.122. The molecule has 0 bridgehead atoms. The van der Waals surface area contributed by atoms with E-state index in [1.807, 2.05) is 42.5 Å². The van der Waals surface area contributed by atoms with Crippen LogP contribution in [0.25, 0.3) is 0 Å². The Morgan fingerprint density at radius 3 is 1.52 bits per heavy atom. The van der Waals surface area contributed by atoms with E-state index in [2.05, 4.69) is 74.5 Å². The highest BCUT2D eigenvalue weighted by molar-refractivity contribution is 5.42. The first-order valence-corrected chi connectivity index (χ1v) is 11.2. The van der Waals surface area contributed by atoms with Gasteiger partial charge < -0.3 is 14.2 Å². The summed E-state index contributed by atoms with van der Waals surface area (Å²) in [4.78, 5) is 0. The van der Waals surface area contributed by atoms with Gasteiger partial charge in [0.25, 0.3) is 0 Å². The minimum Gasteiger partial charge on any atom is -0.497 e. The topological polar surface area (TPSA) is 27.7 Å². The van der Waals surface area contributed by atoms with Gasteiger partial charge in [-0.1, -0.05) is 80.6 Å². The van der Waals surface area contributed by atoms with Crippen molar-refractivity contribution in [2.45, 2.75) is 25.7 Å². The van der Waals surface area contributed by atoms with Crippen LogP contribution in [0, 0.1) is 0 Å². The SMILES string of the molecule is COc1ccc(C(C)(C)c2ccc(OCOc3ccc(Cc4ccccc4)cc3)cc2)cc1. The molecule has 4 aromatic rings. The monoisotopic (exact) mass is 438 g/mol. The summed E-state index contributed by atoms with van der Waals surface area (Å²) in [6.45, 7) is 4.60. The van der Waals surface area contributed by atoms with E-state index in [0.29, 0.717) is 0 Å². The van der Waals surface area contributed by atoms with Crippen molar-refractivity contribution in [3.05, 3.63) is 125 Å². The normalized spacial score (nSPS) is 11.1. The second-order valence-electron chi connectivity index (χ2n) is 8.59. The van der Waals surface area contributed by atoms with Gasteiger partial charge in [0.15, 0.2) is 0 Å². The van der Waals surface area contributed by atoms with E-state index in [-0.39, 0.29) is 12.2 Å². The predicted octanol–water partition coefficient (Wildman–Crippen LogP) is 7.03.